The molecule has 1 fully saturated rings. The van der Waals surface area contributed by atoms with Gasteiger partial charge in [-0.05, 0) is 43.4 Å². The van der Waals surface area contributed by atoms with Crippen molar-refractivity contribution >= 4 is 10.0 Å². The second-order valence-electron chi connectivity index (χ2n) is 5.72. The zero-order valence-electron chi connectivity index (χ0n) is 12.2. The molecule has 0 aliphatic heterocycles. The first-order valence-electron chi connectivity index (χ1n) is 7.35. The van der Waals surface area contributed by atoms with Crippen LogP contribution in [-0.4, -0.2) is 19.6 Å². The minimum absolute atomic E-state index is 0.173. The number of halogens is 1. The van der Waals surface area contributed by atoms with Crippen LogP contribution in [0.1, 0.15) is 44.6 Å². The molecule has 21 heavy (non-hydrogen) atoms. The first-order chi connectivity index (χ1) is 9.94. The Balaban J connectivity index is 2.19. The first-order valence-corrected chi connectivity index (χ1v) is 8.84. The summed E-state index contributed by atoms with van der Waals surface area (Å²) < 4.78 is 40.8. The van der Waals surface area contributed by atoms with Gasteiger partial charge in [0.15, 0.2) is 0 Å². The van der Waals surface area contributed by atoms with E-state index in [1.807, 2.05) is 6.92 Å². The van der Waals surface area contributed by atoms with E-state index < -0.39 is 22.4 Å². The molecule has 0 heterocycles. The Hall–Kier alpha value is -0.980. The molecule has 0 amide bonds. The van der Waals surface area contributed by atoms with Crippen molar-refractivity contribution in [2.75, 3.05) is 0 Å². The Bertz CT molecular complexity index is 583. The maximum Gasteiger partial charge on any atom is 0.241 e. The van der Waals surface area contributed by atoms with Crippen LogP contribution in [0.2, 0.25) is 0 Å². The molecule has 0 spiro atoms. The van der Waals surface area contributed by atoms with Gasteiger partial charge in [-0.2, -0.15) is 0 Å². The summed E-state index contributed by atoms with van der Waals surface area (Å²) >= 11 is 0. The molecule has 118 valence electrons. The second-order valence-corrected chi connectivity index (χ2v) is 7.40. The van der Waals surface area contributed by atoms with Crippen molar-refractivity contribution in [1.29, 1.82) is 0 Å². The lowest BCUT2D eigenvalue weighted by atomic mass is 9.85. The van der Waals surface area contributed by atoms with Gasteiger partial charge in [0.1, 0.15) is 5.82 Å². The van der Waals surface area contributed by atoms with Gasteiger partial charge in [-0.1, -0.05) is 25.3 Å². The number of nitrogens with one attached hydrogen (secondary N) is 1. The Morgan fingerprint density at radius 1 is 1.33 bits per heavy atom. The van der Waals surface area contributed by atoms with E-state index in [2.05, 4.69) is 4.72 Å². The van der Waals surface area contributed by atoms with Crippen molar-refractivity contribution in [3.63, 3.8) is 0 Å². The molecular weight excluding hydrogens is 293 g/mol. The van der Waals surface area contributed by atoms with E-state index in [1.165, 1.54) is 12.5 Å². The summed E-state index contributed by atoms with van der Waals surface area (Å²) in [6.45, 7) is 1.42. The predicted octanol–water partition coefficient (Wildman–Crippen LogP) is 2.57. The molecule has 1 unspecified atom stereocenters. The fourth-order valence-electron chi connectivity index (χ4n) is 2.95. The van der Waals surface area contributed by atoms with Crippen LogP contribution < -0.4 is 4.72 Å². The third kappa shape index (κ3) is 4.02. The van der Waals surface area contributed by atoms with Crippen molar-refractivity contribution in [3.05, 3.63) is 29.6 Å². The molecular formula is C15H22FNO3S. The van der Waals surface area contributed by atoms with E-state index in [4.69, 9.17) is 0 Å². The first kappa shape index (κ1) is 16.4. The van der Waals surface area contributed by atoms with Gasteiger partial charge in [-0.3, -0.25) is 0 Å². The number of aliphatic hydroxyl groups excluding tert-OH is 1. The van der Waals surface area contributed by atoms with E-state index in [-0.39, 0.29) is 16.5 Å². The Morgan fingerprint density at radius 3 is 2.62 bits per heavy atom. The number of hydrogen-bond donors (Lipinski definition) is 2. The number of rotatable bonds is 5. The molecule has 1 aromatic rings. The fourth-order valence-corrected chi connectivity index (χ4v) is 4.50. The average molecular weight is 315 g/mol. The smallest absolute Gasteiger partial charge is 0.241 e. The zero-order valence-corrected chi connectivity index (χ0v) is 13.0. The van der Waals surface area contributed by atoms with Gasteiger partial charge in [0, 0.05) is 6.04 Å². The van der Waals surface area contributed by atoms with E-state index in [1.54, 1.807) is 0 Å². The van der Waals surface area contributed by atoms with Gasteiger partial charge < -0.3 is 5.11 Å². The van der Waals surface area contributed by atoms with Crippen LogP contribution in [0.5, 0.6) is 0 Å². The Labute approximate surface area is 125 Å². The fraction of sp³-hybridized carbons (Fsp3) is 0.600. The highest BCUT2D eigenvalue weighted by Gasteiger charge is 2.26. The highest BCUT2D eigenvalue weighted by Crippen LogP contribution is 2.27. The van der Waals surface area contributed by atoms with Gasteiger partial charge in [0.05, 0.1) is 11.5 Å². The van der Waals surface area contributed by atoms with Crippen LogP contribution in [-0.2, 0) is 16.6 Å². The molecule has 1 aliphatic carbocycles. The van der Waals surface area contributed by atoms with Gasteiger partial charge in [-0.15, -0.1) is 0 Å². The predicted molar refractivity (Wildman–Crippen MR) is 78.7 cm³/mol. The SMILES string of the molecule is CC(NS(=O)(=O)c1cc(F)ccc1CO)C1CCCCC1. The van der Waals surface area contributed by atoms with E-state index in [0.29, 0.717) is 5.92 Å². The zero-order chi connectivity index (χ0) is 15.5. The van der Waals surface area contributed by atoms with Crippen LogP contribution in [0.4, 0.5) is 4.39 Å². The lowest BCUT2D eigenvalue weighted by Crippen LogP contribution is -2.39. The Kier molecular flexibility index (Phi) is 5.35. The molecule has 1 saturated carbocycles. The Morgan fingerprint density at radius 2 is 2.00 bits per heavy atom. The van der Waals surface area contributed by atoms with Crippen molar-refractivity contribution < 1.29 is 17.9 Å². The third-order valence-electron chi connectivity index (χ3n) is 4.19. The molecule has 2 rings (SSSR count). The molecule has 0 aromatic heterocycles. The summed E-state index contributed by atoms with van der Waals surface area (Å²) in [5.41, 5.74) is 0.208. The van der Waals surface area contributed by atoms with Gasteiger partial charge in [0.2, 0.25) is 10.0 Å². The summed E-state index contributed by atoms with van der Waals surface area (Å²) in [4.78, 5) is -0.173. The summed E-state index contributed by atoms with van der Waals surface area (Å²) in [5.74, 6) is -0.308. The summed E-state index contributed by atoms with van der Waals surface area (Å²) in [6, 6.07) is 3.22. The summed E-state index contributed by atoms with van der Waals surface area (Å²) in [5, 5.41) is 9.24. The average Bonchev–Trinajstić information content (AvgIpc) is 2.47. The standard InChI is InChI=1S/C15H22FNO3S/c1-11(12-5-3-2-4-6-12)17-21(19,20)15-9-14(16)8-7-13(15)10-18/h7-9,11-12,17-18H,2-6,10H2,1H3. The van der Waals surface area contributed by atoms with Crippen LogP contribution in [0.3, 0.4) is 0 Å². The van der Waals surface area contributed by atoms with Gasteiger partial charge in [0.25, 0.3) is 0 Å². The maximum atomic E-state index is 13.3. The molecule has 1 aromatic carbocycles. The van der Waals surface area contributed by atoms with Crippen LogP contribution in [0.15, 0.2) is 23.1 Å². The van der Waals surface area contributed by atoms with Crippen molar-refractivity contribution in [1.82, 2.24) is 4.72 Å². The van der Waals surface area contributed by atoms with E-state index in [9.17, 15) is 17.9 Å². The lowest BCUT2D eigenvalue weighted by Gasteiger charge is -2.28. The number of benzene rings is 1. The lowest BCUT2D eigenvalue weighted by molar-refractivity contribution is 0.277. The molecule has 0 bridgehead atoms. The monoisotopic (exact) mass is 315 g/mol. The van der Waals surface area contributed by atoms with Crippen LogP contribution in [0, 0.1) is 11.7 Å². The molecule has 2 N–H and O–H groups in total. The second kappa shape index (κ2) is 6.85. The molecule has 6 heteroatoms. The third-order valence-corrected chi connectivity index (χ3v) is 5.83. The molecule has 4 nitrogen and oxygen atoms in total. The summed E-state index contributed by atoms with van der Waals surface area (Å²) in [7, 11) is -3.82. The van der Waals surface area contributed by atoms with Gasteiger partial charge in [-0.25, -0.2) is 17.5 Å². The van der Waals surface area contributed by atoms with Crippen LogP contribution >= 0.6 is 0 Å². The molecule has 0 saturated heterocycles. The van der Waals surface area contributed by atoms with E-state index in [0.717, 1.165) is 37.8 Å². The normalized spacial score (nSPS) is 18.6. The minimum atomic E-state index is -3.82. The number of sulfonamides is 1. The largest absolute Gasteiger partial charge is 0.392 e. The maximum absolute atomic E-state index is 13.3. The molecule has 1 atom stereocenters. The van der Waals surface area contributed by atoms with Crippen molar-refractivity contribution in [3.8, 4) is 0 Å². The van der Waals surface area contributed by atoms with Gasteiger partial charge >= 0.3 is 0 Å². The molecule has 0 radical (unpaired) electrons. The molecule has 1 aliphatic rings. The van der Waals surface area contributed by atoms with E-state index >= 15 is 0 Å². The quantitative estimate of drug-likeness (QED) is 0.877. The minimum Gasteiger partial charge on any atom is -0.392 e. The highest BCUT2D eigenvalue weighted by molar-refractivity contribution is 7.89. The van der Waals surface area contributed by atoms with Crippen molar-refractivity contribution in [2.45, 2.75) is 56.6 Å². The number of aliphatic hydroxyl groups is 1. The van der Waals surface area contributed by atoms with Crippen LogP contribution in [0.25, 0.3) is 0 Å². The highest BCUT2D eigenvalue weighted by atomic mass is 32.2. The topological polar surface area (TPSA) is 66.4 Å². The number of hydrogen-bond acceptors (Lipinski definition) is 3. The summed E-state index contributed by atoms with van der Waals surface area (Å²) in [6.07, 6.45) is 5.48. The van der Waals surface area contributed by atoms with Crippen molar-refractivity contribution in [2.24, 2.45) is 5.92 Å².